The van der Waals surface area contributed by atoms with Crippen molar-refractivity contribution in [1.29, 1.82) is 0 Å². The van der Waals surface area contributed by atoms with Gasteiger partial charge in [0.2, 0.25) is 0 Å². The number of rotatable bonds is 4. The maximum atomic E-state index is 12.3. The Morgan fingerprint density at radius 2 is 1.53 bits per heavy atom. The lowest BCUT2D eigenvalue weighted by atomic mass is 9.84. The highest BCUT2D eigenvalue weighted by Crippen LogP contribution is 2.35. The average molecular weight is 266 g/mol. The van der Waals surface area contributed by atoms with Crippen molar-refractivity contribution in [3.8, 4) is 0 Å². The Hall–Kier alpha value is -0.570. The third kappa shape index (κ3) is 3.50. The summed E-state index contributed by atoms with van der Waals surface area (Å²) in [6.45, 7) is 0.791. The number of hydrogen-bond acceptors (Lipinski definition) is 3. The lowest BCUT2D eigenvalue weighted by molar-refractivity contribution is -0.160. The van der Waals surface area contributed by atoms with E-state index in [0.717, 1.165) is 19.4 Å². The third-order valence-corrected chi connectivity index (χ3v) is 5.03. The van der Waals surface area contributed by atoms with Gasteiger partial charge in [0.1, 0.15) is 12.2 Å². The molecule has 0 radical (unpaired) electrons. The van der Waals surface area contributed by atoms with Crippen molar-refractivity contribution in [2.75, 3.05) is 6.61 Å². The van der Waals surface area contributed by atoms with Crippen molar-refractivity contribution in [3.63, 3.8) is 0 Å². The minimum atomic E-state index is 0.0507. The molecule has 0 aromatic heterocycles. The summed E-state index contributed by atoms with van der Waals surface area (Å²) in [6, 6.07) is 0. The molecule has 108 valence electrons. The van der Waals surface area contributed by atoms with E-state index in [1.165, 1.54) is 51.4 Å². The van der Waals surface area contributed by atoms with E-state index in [2.05, 4.69) is 0 Å². The zero-order chi connectivity index (χ0) is 13.1. The van der Waals surface area contributed by atoms with Crippen molar-refractivity contribution in [3.05, 3.63) is 0 Å². The van der Waals surface area contributed by atoms with E-state index in [4.69, 9.17) is 9.47 Å². The highest BCUT2D eigenvalue weighted by molar-refractivity contribution is 5.72. The van der Waals surface area contributed by atoms with E-state index >= 15 is 0 Å². The van der Waals surface area contributed by atoms with Gasteiger partial charge in [-0.1, -0.05) is 38.5 Å². The molecule has 3 aliphatic rings. The molecule has 0 spiro atoms. The molecule has 1 heterocycles. The summed E-state index contributed by atoms with van der Waals surface area (Å²) in [7, 11) is 0. The number of carbonyl (C=O) groups excluding carboxylic acids is 1. The van der Waals surface area contributed by atoms with Gasteiger partial charge in [-0.2, -0.15) is 0 Å². The van der Waals surface area contributed by atoms with Crippen LogP contribution in [0.15, 0.2) is 0 Å². The van der Waals surface area contributed by atoms with Gasteiger partial charge in [0.05, 0.1) is 12.5 Å². The molecule has 2 atom stereocenters. The summed E-state index contributed by atoms with van der Waals surface area (Å²) < 4.78 is 11.3. The van der Waals surface area contributed by atoms with E-state index in [0.29, 0.717) is 5.92 Å². The molecular formula is C16H26O3. The van der Waals surface area contributed by atoms with E-state index in [1.54, 1.807) is 0 Å². The van der Waals surface area contributed by atoms with Crippen LogP contribution in [0.5, 0.6) is 0 Å². The first-order chi connectivity index (χ1) is 9.34. The summed E-state index contributed by atoms with van der Waals surface area (Å²) in [5.41, 5.74) is 0. The Balaban J connectivity index is 1.56. The second-order valence-electron chi connectivity index (χ2n) is 6.51. The lowest BCUT2D eigenvalue weighted by Crippen LogP contribution is -2.35. The molecule has 2 aliphatic carbocycles. The maximum Gasteiger partial charge on any atom is 0.309 e. The Kier molecular flexibility index (Phi) is 4.42. The molecule has 3 fully saturated rings. The Morgan fingerprint density at radius 1 is 0.947 bits per heavy atom. The fourth-order valence-electron chi connectivity index (χ4n) is 3.75. The minimum absolute atomic E-state index is 0.0507. The van der Waals surface area contributed by atoms with Crippen LogP contribution in [0, 0.1) is 11.8 Å². The van der Waals surface area contributed by atoms with Crippen LogP contribution in [-0.2, 0) is 14.3 Å². The second kappa shape index (κ2) is 6.25. The average Bonchev–Trinajstić information content (AvgIpc) is 3.31. The largest absolute Gasteiger partial charge is 0.459 e. The Morgan fingerprint density at radius 3 is 2.11 bits per heavy atom. The maximum absolute atomic E-state index is 12.3. The van der Waals surface area contributed by atoms with Gasteiger partial charge in [0, 0.05) is 0 Å². The van der Waals surface area contributed by atoms with Crippen LogP contribution < -0.4 is 0 Å². The molecule has 3 nitrogen and oxygen atoms in total. The Labute approximate surface area is 116 Å². The SMILES string of the molecule is O=C(OC(C1CCCCC1)C1CO1)C1CCCCC1. The molecule has 19 heavy (non-hydrogen) atoms. The van der Waals surface area contributed by atoms with Crippen LogP contribution in [0.4, 0.5) is 0 Å². The van der Waals surface area contributed by atoms with Gasteiger partial charge in [-0.25, -0.2) is 0 Å². The quantitative estimate of drug-likeness (QED) is 0.578. The number of ether oxygens (including phenoxy) is 2. The molecule has 2 unspecified atom stereocenters. The van der Waals surface area contributed by atoms with Crippen LogP contribution in [0.1, 0.15) is 64.2 Å². The van der Waals surface area contributed by atoms with Crippen LogP contribution >= 0.6 is 0 Å². The molecule has 0 N–H and O–H groups in total. The van der Waals surface area contributed by atoms with Gasteiger partial charge < -0.3 is 9.47 Å². The van der Waals surface area contributed by atoms with Crippen LogP contribution in [0.25, 0.3) is 0 Å². The normalized spacial score (nSPS) is 30.8. The number of epoxide rings is 1. The second-order valence-corrected chi connectivity index (χ2v) is 6.51. The fourth-order valence-corrected chi connectivity index (χ4v) is 3.75. The van der Waals surface area contributed by atoms with Crippen molar-refractivity contribution >= 4 is 5.97 Å². The molecule has 1 saturated heterocycles. The highest BCUT2D eigenvalue weighted by atomic mass is 16.6. The minimum Gasteiger partial charge on any atom is -0.459 e. The van der Waals surface area contributed by atoms with Crippen molar-refractivity contribution in [2.24, 2.45) is 11.8 Å². The first kappa shape index (κ1) is 13.4. The monoisotopic (exact) mass is 266 g/mol. The van der Waals surface area contributed by atoms with E-state index in [-0.39, 0.29) is 24.1 Å². The van der Waals surface area contributed by atoms with Crippen molar-refractivity contribution < 1.29 is 14.3 Å². The summed E-state index contributed by atoms with van der Waals surface area (Å²) in [4.78, 5) is 12.3. The smallest absolute Gasteiger partial charge is 0.309 e. The summed E-state index contributed by atoms with van der Waals surface area (Å²) in [6.07, 6.45) is 12.3. The highest BCUT2D eigenvalue weighted by Gasteiger charge is 2.42. The molecule has 2 saturated carbocycles. The van der Waals surface area contributed by atoms with Gasteiger partial charge in [-0.05, 0) is 31.6 Å². The Bertz CT molecular complexity index is 299. The molecular weight excluding hydrogens is 240 g/mol. The van der Waals surface area contributed by atoms with E-state index in [9.17, 15) is 4.79 Å². The number of esters is 1. The van der Waals surface area contributed by atoms with E-state index in [1.807, 2.05) is 0 Å². The lowest BCUT2D eigenvalue weighted by Gasteiger charge is -2.30. The number of hydrogen-bond donors (Lipinski definition) is 0. The zero-order valence-corrected chi connectivity index (χ0v) is 11.8. The molecule has 0 aromatic rings. The number of carbonyl (C=O) groups is 1. The molecule has 3 rings (SSSR count). The predicted molar refractivity (Wildman–Crippen MR) is 72.8 cm³/mol. The summed E-state index contributed by atoms with van der Waals surface area (Å²) in [5.74, 6) is 0.776. The molecule has 0 bridgehead atoms. The third-order valence-electron chi connectivity index (χ3n) is 5.03. The van der Waals surface area contributed by atoms with Gasteiger partial charge >= 0.3 is 5.97 Å². The molecule has 3 heteroatoms. The van der Waals surface area contributed by atoms with Gasteiger partial charge in [0.15, 0.2) is 0 Å². The van der Waals surface area contributed by atoms with Crippen LogP contribution in [0.3, 0.4) is 0 Å². The predicted octanol–water partition coefficient (Wildman–Crippen LogP) is 3.46. The van der Waals surface area contributed by atoms with Crippen molar-refractivity contribution in [2.45, 2.75) is 76.4 Å². The summed E-state index contributed by atoms with van der Waals surface area (Å²) in [5, 5.41) is 0. The first-order valence-electron chi connectivity index (χ1n) is 8.16. The fraction of sp³-hybridized carbons (Fsp3) is 0.938. The summed E-state index contributed by atoms with van der Waals surface area (Å²) >= 11 is 0. The van der Waals surface area contributed by atoms with Crippen molar-refractivity contribution in [1.82, 2.24) is 0 Å². The van der Waals surface area contributed by atoms with E-state index < -0.39 is 0 Å². The molecule has 0 aromatic carbocycles. The topological polar surface area (TPSA) is 38.8 Å². The van der Waals surface area contributed by atoms with Crippen LogP contribution in [0.2, 0.25) is 0 Å². The van der Waals surface area contributed by atoms with Gasteiger partial charge in [-0.15, -0.1) is 0 Å². The first-order valence-corrected chi connectivity index (χ1v) is 8.16. The van der Waals surface area contributed by atoms with Gasteiger partial charge in [0.25, 0.3) is 0 Å². The van der Waals surface area contributed by atoms with Gasteiger partial charge in [-0.3, -0.25) is 4.79 Å². The van der Waals surface area contributed by atoms with Crippen LogP contribution in [-0.4, -0.2) is 24.8 Å². The standard InChI is InChI=1S/C16H26O3/c17-16(13-9-5-2-6-10-13)19-15(14-11-18-14)12-7-3-1-4-8-12/h12-15H,1-11H2. The molecule has 1 aliphatic heterocycles. The zero-order valence-electron chi connectivity index (χ0n) is 11.8. The molecule has 0 amide bonds.